The third-order valence-corrected chi connectivity index (χ3v) is 8.02. The number of nitrogens with zero attached hydrogens (tertiary/aromatic N) is 4. The Morgan fingerprint density at radius 1 is 1.22 bits per heavy atom. The number of likely N-dealkylation sites (N-methyl/N-ethyl adjacent to an activating group) is 1. The van der Waals surface area contributed by atoms with Crippen LogP contribution in [0.1, 0.15) is 44.2 Å². The monoisotopic (exact) mass is 514 g/mol. The molecule has 0 N–H and O–H groups in total. The zero-order valence-electron chi connectivity index (χ0n) is 22.9. The van der Waals surface area contributed by atoms with Gasteiger partial charge in [0.15, 0.2) is 0 Å². The van der Waals surface area contributed by atoms with Crippen molar-refractivity contribution in [3.63, 3.8) is 0 Å². The number of methoxy groups -OCH3 is 1. The highest BCUT2D eigenvalue weighted by Gasteiger charge is 2.43. The third-order valence-electron chi connectivity index (χ3n) is 8.02. The second-order valence-corrected chi connectivity index (χ2v) is 11.2. The predicted molar refractivity (Wildman–Crippen MR) is 145 cm³/mol. The van der Waals surface area contributed by atoms with Crippen molar-refractivity contribution in [3.8, 4) is 0 Å². The Bertz CT molecular complexity index is 968. The van der Waals surface area contributed by atoms with Crippen LogP contribution in [0, 0.1) is 29.5 Å². The lowest BCUT2D eigenvalue weighted by molar-refractivity contribution is -0.107. The van der Waals surface area contributed by atoms with Crippen LogP contribution in [0.2, 0.25) is 0 Å². The molecule has 2 atom stereocenters. The van der Waals surface area contributed by atoms with Crippen LogP contribution in [0.25, 0.3) is 0 Å². The van der Waals surface area contributed by atoms with E-state index in [4.69, 9.17) is 14.5 Å². The van der Waals surface area contributed by atoms with Gasteiger partial charge in [0.25, 0.3) is 0 Å². The molecule has 2 saturated heterocycles. The van der Waals surface area contributed by atoms with E-state index >= 15 is 0 Å². The Balaban J connectivity index is 0.000000396. The van der Waals surface area contributed by atoms with E-state index in [2.05, 4.69) is 35.7 Å². The lowest BCUT2D eigenvalue weighted by Gasteiger charge is -2.34. The van der Waals surface area contributed by atoms with Gasteiger partial charge in [0.05, 0.1) is 25.9 Å². The summed E-state index contributed by atoms with van der Waals surface area (Å²) in [6.07, 6.45) is 5.06. The highest BCUT2D eigenvalue weighted by Crippen LogP contribution is 2.48. The maximum absolute atomic E-state index is 13.9. The molecule has 3 heterocycles. The van der Waals surface area contributed by atoms with E-state index < -0.39 is 0 Å². The van der Waals surface area contributed by atoms with Gasteiger partial charge in [-0.05, 0) is 61.3 Å². The Morgan fingerprint density at radius 2 is 1.97 bits per heavy atom. The maximum atomic E-state index is 13.9. The van der Waals surface area contributed by atoms with Crippen molar-refractivity contribution in [3.05, 3.63) is 35.1 Å². The normalized spacial score (nSPS) is 24.3. The Hall–Kier alpha value is -2.16. The van der Waals surface area contributed by atoms with Crippen molar-refractivity contribution in [2.75, 3.05) is 53.5 Å². The summed E-state index contributed by atoms with van der Waals surface area (Å²) in [6, 6.07) is 5.02. The van der Waals surface area contributed by atoms with Crippen molar-refractivity contribution in [2.45, 2.75) is 52.2 Å². The molecule has 1 aromatic carbocycles. The standard InChI is InChI=1S/C24H32FN3O2.C5H11NO/c1-16(2)24-26-13-23(27-24)28-8-5-18(6-9-28)21-12-20(21)15-30-14-17-3-4-19(7-10-29)22(25)11-17;1-6-3-5(4-6)7-2/h3-4,10-11,16,18,20-21H,5-9,12-15H2,1-2H3;5H,3-4H2,1-2H3. The molecule has 0 bridgehead atoms. The van der Waals surface area contributed by atoms with Gasteiger partial charge >= 0.3 is 0 Å². The topological polar surface area (TPSA) is 66.7 Å². The van der Waals surface area contributed by atoms with Crippen LogP contribution < -0.4 is 0 Å². The molecule has 0 amide bonds. The molecule has 0 spiro atoms. The second kappa shape index (κ2) is 13.1. The molecule has 0 aromatic heterocycles. The molecular formula is C29H43FN4O3. The van der Waals surface area contributed by atoms with Gasteiger partial charge in [-0.25, -0.2) is 9.38 Å². The zero-order chi connectivity index (χ0) is 26.4. The zero-order valence-corrected chi connectivity index (χ0v) is 22.9. The van der Waals surface area contributed by atoms with Crippen LogP contribution in [0.15, 0.2) is 28.2 Å². The minimum absolute atomic E-state index is 0.120. The smallest absolute Gasteiger partial charge is 0.128 e. The van der Waals surface area contributed by atoms with Crippen LogP contribution in [0.5, 0.6) is 0 Å². The molecular weight excluding hydrogens is 471 g/mol. The average Bonchev–Trinajstić information content (AvgIpc) is 3.46. The minimum Gasteiger partial charge on any atom is -0.379 e. The van der Waals surface area contributed by atoms with E-state index in [0.29, 0.717) is 30.1 Å². The van der Waals surface area contributed by atoms with E-state index in [1.54, 1.807) is 13.2 Å². The summed E-state index contributed by atoms with van der Waals surface area (Å²) >= 11 is 0. The van der Waals surface area contributed by atoms with Crippen LogP contribution in [0.4, 0.5) is 4.39 Å². The van der Waals surface area contributed by atoms with Crippen molar-refractivity contribution in [1.29, 1.82) is 0 Å². The fourth-order valence-corrected chi connectivity index (χ4v) is 5.52. The van der Waals surface area contributed by atoms with Gasteiger partial charge in [-0.15, -0.1) is 0 Å². The average molecular weight is 515 g/mol. The number of aldehydes is 1. The summed E-state index contributed by atoms with van der Waals surface area (Å²) in [4.78, 5) is 24.5. The van der Waals surface area contributed by atoms with E-state index in [1.165, 1.54) is 25.3 Å². The molecule has 3 aliphatic heterocycles. The van der Waals surface area contributed by atoms with Crippen molar-refractivity contribution < 1.29 is 18.7 Å². The summed E-state index contributed by atoms with van der Waals surface area (Å²) < 4.78 is 24.8. The number of rotatable bonds is 9. The van der Waals surface area contributed by atoms with Crippen LogP contribution >= 0.6 is 0 Å². The quantitative estimate of drug-likeness (QED) is 0.469. The van der Waals surface area contributed by atoms with Crippen molar-refractivity contribution in [1.82, 2.24) is 9.80 Å². The first kappa shape index (κ1) is 27.9. The van der Waals surface area contributed by atoms with Gasteiger partial charge < -0.3 is 24.1 Å². The molecule has 1 saturated carbocycles. The van der Waals surface area contributed by atoms with Gasteiger partial charge in [0, 0.05) is 45.6 Å². The fourth-order valence-electron chi connectivity index (χ4n) is 5.52. The Morgan fingerprint density at radius 3 is 2.54 bits per heavy atom. The van der Waals surface area contributed by atoms with Gasteiger partial charge in [-0.1, -0.05) is 26.0 Å². The van der Waals surface area contributed by atoms with Crippen molar-refractivity contribution in [2.24, 2.45) is 33.7 Å². The minimum atomic E-state index is -0.322. The first-order valence-electron chi connectivity index (χ1n) is 13.7. The molecule has 4 aliphatic rings. The molecule has 37 heavy (non-hydrogen) atoms. The second-order valence-electron chi connectivity index (χ2n) is 11.2. The number of ether oxygens (including phenoxy) is 2. The SMILES string of the molecule is CC(C)C1=NCC(N2CCC(C3CC3COCc3ccc(CC=O)c(F)c3)CC2)=N1.COC1CN(C)C1. The number of hydrogen-bond acceptors (Lipinski definition) is 7. The summed E-state index contributed by atoms with van der Waals surface area (Å²) in [6.45, 7) is 10.6. The molecule has 0 radical (unpaired) electrons. The third kappa shape index (κ3) is 7.68. The van der Waals surface area contributed by atoms with Crippen LogP contribution in [-0.2, 0) is 27.3 Å². The molecule has 7 nitrogen and oxygen atoms in total. The fraction of sp³-hybridized carbons (Fsp3) is 0.690. The van der Waals surface area contributed by atoms with E-state index in [9.17, 15) is 9.18 Å². The van der Waals surface area contributed by atoms with Gasteiger partial charge in [-0.2, -0.15) is 0 Å². The predicted octanol–water partition coefficient (Wildman–Crippen LogP) is 3.85. The Labute approximate surface area is 221 Å². The lowest BCUT2D eigenvalue weighted by atomic mass is 9.91. The number of benzene rings is 1. The molecule has 3 fully saturated rings. The molecule has 2 unspecified atom stereocenters. The van der Waals surface area contributed by atoms with Crippen LogP contribution in [-0.4, -0.2) is 87.3 Å². The van der Waals surface area contributed by atoms with E-state index in [0.717, 1.165) is 74.7 Å². The number of amidine groups is 2. The molecule has 1 aromatic rings. The molecule has 204 valence electrons. The molecule has 1 aliphatic carbocycles. The number of hydrogen-bond donors (Lipinski definition) is 0. The number of piperidine rings is 1. The summed E-state index contributed by atoms with van der Waals surface area (Å²) in [7, 11) is 3.85. The first-order valence-corrected chi connectivity index (χ1v) is 13.7. The number of halogens is 1. The molecule has 5 rings (SSSR count). The highest BCUT2D eigenvalue weighted by atomic mass is 19.1. The van der Waals surface area contributed by atoms with Gasteiger partial charge in [-0.3, -0.25) is 4.99 Å². The van der Waals surface area contributed by atoms with Crippen LogP contribution in [0.3, 0.4) is 0 Å². The number of aliphatic imine (C=N–C) groups is 2. The molecule has 8 heteroatoms. The number of carbonyl (C=O) groups excluding carboxylic acids is 1. The largest absolute Gasteiger partial charge is 0.379 e. The van der Waals surface area contributed by atoms with Gasteiger partial charge in [0.2, 0.25) is 0 Å². The van der Waals surface area contributed by atoms with Gasteiger partial charge in [0.1, 0.15) is 23.8 Å². The lowest BCUT2D eigenvalue weighted by Crippen LogP contribution is -2.48. The summed E-state index contributed by atoms with van der Waals surface area (Å²) in [5, 5.41) is 0. The maximum Gasteiger partial charge on any atom is 0.128 e. The number of likely N-dealkylation sites (tertiary alicyclic amines) is 2. The summed E-state index contributed by atoms with van der Waals surface area (Å²) in [5.41, 5.74) is 1.27. The van der Waals surface area contributed by atoms with E-state index in [1.807, 2.05) is 6.07 Å². The highest BCUT2D eigenvalue weighted by molar-refractivity contribution is 6.03. The van der Waals surface area contributed by atoms with E-state index in [-0.39, 0.29) is 12.2 Å². The summed E-state index contributed by atoms with van der Waals surface area (Å²) in [5.74, 6) is 4.41. The first-order chi connectivity index (χ1) is 17.9. The van der Waals surface area contributed by atoms with Crippen molar-refractivity contribution >= 4 is 18.0 Å². The number of carbonyl (C=O) groups is 1. The Kier molecular flexibility index (Phi) is 9.84.